The zero-order valence-corrected chi connectivity index (χ0v) is 8.42. The molecule has 0 fully saturated rings. The molecule has 0 bridgehead atoms. The minimum atomic E-state index is 0.316. The van der Waals surface area contributed by atoms with Crippen LogP contribution >= 0.6 is 0 Å². The van der Waals surface area contributed by atoms with Crippen LogP contribution in [0.5, 0.6) is 0 Å². The first-order valence-electron chi connectivity index (χ1n) is 4.83. The fourth-order valence-electron chi connectivity index (χ4n) is 1.22. The maximum Gasteiger partial charge on any atom is 0.0165 e. The van der Waals surface area contributed by atoms with E-state index in [-0.39, 0.29) is 0 Å². The van der Waals surface area contributed by atoms with Crippen LogP contribution in [0.4, 0.5) is 0 Å². The highest BCUT2D eigenvalue weighted by atomic mass is 15.1. The third kappa shape index (κ3) is 5.33. The van der Waals surface area contributed by atoms with E-state index in [2.05, 4.69) is 25.3 Å². The molecule has 0 spiro atoms. The molecule has 0 rings (SSSR count). The summed E-state index contributed by atoms with van der Waals surface area (Å²) in [5, 5.41) is 0. The molecule has 72 valence electrons. The molecule has 0 amide bonds. The standard InChI is InChI=1S/C10H22N2/c1-4-7-12(8-5-2)9-10(11)6-3/h4,10H,1,5-9,11H2,2-3H3. The van der Waals surface area contributed by atoms with Crippen molar-refractivity contribution in [3.8, 4) is 0 Å². The summed E-state index contributed by atoms with van der Waals surface area (Å²) in [6, 6.07) is 0.316. The molecule has 0 aromatic carbocycles. The summed E-state index contributed by atoms with van der Waals surface area (Å²) in [6.45, 7) is 11.1. The molecule has 2 heteroatoms. The molecule has 0 saturated heterocycles. The monoisotopic (exact) mass is 170 g/mol. The molecule has 0 aromatic rings. The van der Waals surface area contributed by atoms with Gasteiger partial charge < -0.3 is 5.73 Å². The van der Waals surface area contributed by atoms with E-state index in [0.29, 0.717) is 6.04 Å². The van der Waals surface area contributed by atoms with Gasteiger partial charge in [-0.05, 0) is 19.4 Å². The average molecular weight is 170 g/mol. The quantitative estimate of drug-likeness (QED) is 0.588. The van der Waals surface area contributed by atoms with Gasteiger partial charge in [-0.2, -0.15) is 0 Å². The van der Waals surface area contributed by atoms with E-state index in [4.69, 9.17) is 5.73 Å². The normalized spacial score (nSPS) is 13.3. The van der Waals surface area contributed by atoms with E-state index in [0.717, 1.165) is 26.1 Å². The molecule has 0 aliphatic carbocycles. The van der Waals surface area contributed by atoms with Crippen LogP contribution in [-0.2, 0) is 0 Å². The lowest BCUT2D eigenvalue weighted by molar-refractivity contribution is 0.280. The lowest BCUT2D eigenvalue weighted by Gasteiger charge is -2.22. The Morgan fingerprint density at radius 2 is 2.17 bits per heavy atom. The Hall–Kier alpha value is -0.340. The Labute approximate surface area is 76.4 Å². The maximum absolute atomic E-state index is 5.86. The summed E-state index contributed by atoms with van der Waals surface area (Å²) in [5.74, 6) is 0. The Kier molecular flexibility index (Phi) is 7.11. The molecular formula is C10H22N2. The molecule has 0 aliphatic heterocycles. The number of hydrogen-bond acceptors (Lipinski definition) is 2. The number of nitrogens with zero attached hydrogens (tertiary/aromatic N) is 1. The van der Waals surface area contributed by atoms with Crippen molar-refractivity contribution in [1.29, 1.82) is 0 Å². The van der Waals surface area contributed by atoms with Crippen LogP contribution in [-0.4, -0.2) is 30.6 Å². The Morgan fingerprint density at radius 1 is 1.50 bits per heavy atom. The van der Waals surface area contributed by atoms with Crippen molar-refractivity contribution >= 4 is 0 Å². The second kappa shape index (κ2) is 7.32. The molecule has 2 nitrogen and oxygen atoms in total. The molecule has 12 heavy (non-hydrogen) atoms. The highest BCUT2D eigenvalue weighted by molar-refractivity contribution is 4.75. The van der Waals surface area contributed by atoms with Crippen molar-refractivity contribution in [2.24, 2.45) is 5.73 Å². The van der Waals surface area contributed by atoms with E-state index in [1.807, 2.05) is 6.08 Å². The predicted octanol–water partition coefficient (Wildman–Crippen LogP) is 1.62. The summed E-state index contributed by atoms with van der Waals surface area (Å²) in [7, 11) is 0. The lowest BCUT2D eigenvalue weighted by atomic mass is 10.2. The zero-order chi connectivity index (χ0) is 9.40. The van der Waals surface area contributed by atoms with Crippen LogP contribution in [0, 0.1) is 0 Å². The second-order valence-electron chi connectivity index (χ2n) is 3.22. The van der Waals surface area contributed by atoms with Crippen LogP contribution in [0.15, 0.2) is 12.7 Å². The van der Waals surface area contributed by atoms with Crippen molar-refractivity contribution in [2.45, 2.75) is 32.7 Å². The highest BCUT2D eigenvalue weighted by Crippen LogP contribution is 1.96. The van der Waals surface area contributed by atoms with Crippen LogP contribution in [0.2, 0.25) is 0 Å². The largest absolute Gasteiger partial charge is 0.327 e. The van der Waals surface area contributed by atoms with Crippen LogP contribution < -0.4 is 5.73 Å². The fourth-order valence-corrected chi connectivity index (χ4v) is 1.22. The van der Waals surface area contributed by atoms with Gasteiger partial charge in [0.1, 0.15) is 0 Å². The maximum atomic E-state index is 5.86. The predicted molar refractivity (Wildman–Crippen MR) is 55.2 cm³/mol. The van der Waals surface area contributed by atoms with Gasteiger partial charge in [-0.25, -0.2) is 0 Å². The van der Waals surface area contributed by atoms with Gasteiger partial charge in [0.25, 0.3) is 0 Å². The van der Waals surface area contributed by atoms with Gasteiger partial charge >= 0.3 is 0 Å². The van der Waals surface area contributed by atoms with Crippen molar-refractivity contribution in [3.63, 3.8) is 0 Å². The minimum Gasteiger partial charge on any atom is -0.327 e. The van der Waals surface area contributed by atoms with E-state index in [9.17, 15) is 0 Å². The molecule has 0 aromatic heterocycles. The van der Waals surface area contributed by atoms with Crippen molar-refractivity contribution in [1.82, 2.24) is 4.90 Å². The third-order valence-electron chi connectivity index (χ3n) is 1.94. The van der Waals surface area contributed by atoms with Gasteiger partial charge in [0.2, 0.25) is 0 Å². The first kappa shape index (κ1) is 11.7. The summed E-state index contributed by atoms with van der Waals surface area (Å²) in [5.41, 5.74) is 5.86. The topological polar surface area (TPSA) is 29.3 Å². The highest BCUT2D eigenvalue weighted by Gasteiger charge is 2.05. The molecular weight excluding hydrogens is 148 g/mol. The molecule has 0 radical (unpaired) electrons. The van der Waals surface area contributed by atoms with Crippen molar-refractivity contribution in [3.05, 3.63) is 12.7 Å². The summed E-state index contributed by atoms with van der Waals surface area (Å²) < 4.78 is 0. The molecule has 0 aliphatic rings. The van der Waals surface area contributed by atoms with Gasteiger partial charge in [0.05, 0.1) is 0 Å². The van der Waals surface area contributed by atoms with Crippen LogP contribution in [0.25, 0.3) is 0 Å². The number of nitrogens with two attached hydrogens (primary N) is 1. The Bertz CT molecular complexity index is 112. The Morgan fingerprint density at radius 3 is 2.58 bits per heavy atom. The fraction of sp³-hybridized carbons (Fsp3) is 0.800. The van der Waals surface area contributed by atoms with Gasteiger partial charge in [0.15, 0.2) is 0 Å². The van der Waals surface area contributed by atoms with Gasteiger partial charge in [-0.1, -0.05) is 19.9 Å². The first-order chi connectivity index (χ1) is 5.74. The molecule has 1 atom stereocenters. The van der Waals surface area contributed by atoms with Gasteiger partial charge in [-0.3, -0.25) is 4.90 Å². The van der Waals surface area contributed by atoms with E-state index in [1.165, 1.54) is 6.42 Å². The summed E-state index contributed by atoms with van der Waals surface area (Å²) in [6.07, 6.45) is 4.18. The first-order valence-corrected chi connectivity index (χ1v) is 4.83. The number of hydrogen-bond donors (Lipinski definition) is 1. The van der Waals surface area contributed by atoms with E-state index in [1.54, 1.807) is 0 Å². The van der Waals surface area contributed by atoms with E-state index < -0.39 is 0 Å². The van der Waals surface area contributed by atoms with Crippen LogP contribution in [0.3, 0.4) is 0 Å². The average Bonchev–Trinajstić information content (AvgIpc) is 2.05. The minimum absolute atomic E-state index is 0.316. The summed E-state index contributed by atoms with van der Waals surface area (Å²) in [4.78, 5) is 2.35. The van der Waals surface area contributed by atoms with Gasteiger partial charge in [-0.15, -0.1) is 6.58 Å². The lowest BCUT2D eigenvalue weighted by Crippen LogP contribution is -2.37. The molecule has 0 saturated carbocycles. The summed E-state index contributed by atoms with van der Waals surface area (Å²) >= 11 is 0. The van der Waals surface area contributed by atoms with Crippen molar-refractivity contribution in [2.75, 3.05) is 19.6 Å². The Balaban J connectivity index is 3.68. The van der Waals surface area contributed by atoms with Crippen LogP contribution in [0.1, 0.15) is 26.7 Å². The third-order valence-corrected chi connectivity index (χ3v) is 1.94. The molecule has 2 N–H and O–H groups in total. The van der Waals surface area contributed by atoms with Gasteiger partial charge in [0, 0.05) is 19.1 Å². The van der Waals surface area contributed by atoms with Crippen molar-refractivity contribution < 1.29 is 0 Å². The smallest absolute Gasteiger partial charge is 0.0165 e. The molecule has 0 heterocycles. The number of rotatable bonds is 7. The SMILES string of the molecule is C=CCN(CCC)CC(N)CC. The van der Waals surface area contributed by atoms with E-state index >= 15 is 0 Å². The zero-order valence-electron chi connectivity index (χ0n) is 8.42. The molecule has 1 unspecified atom stereocenters. The second-order valence-corrected chi connectivity index (χ2v) is 3.22.